The molecule has 1 aliphatic carbocycles. The first-order valence-corrected chi connectivity index (χ1v) is 9.00. The fourth-order valence-corrected chi connectivity index (χ4v) is 2.93. The largest absolute Gasteiger partial charge is 0.494 e. The molecule has 6 heteroatoms. The molecule has 0 aromatic heterocycles. The molecule has 0 heterocycles. The van der Waals surface area contributed by atoms with Crippen LogP contribution >= 0.6 is 0 Å². The molecular formula is C19H27N3O3. The highest BCUT2D eigenvalue weighted by Crippen LogP contribution is 2.24. The molecule has 1 atom stereocenters. The van der Waals surface area contributed by atoms with Crippen molar-refractivity contribution < 1.29 is 14.3 Å². The molecule has 1 saturated carbocycles. The number of benzene rings is 1. The third-order valence-electron chi connectivity index (χ3n) is 4.30. The SMILES string of the molecule is CCOc1ccc(NC(=O)CCC(=O)NN=C2CCCC2CC)cc1. The van der Waals surface area contributed by atoms with Gasteiger partial charge in [0, 0.05) is 24.2 Å². The minimum absolute atomic E-state index is 0.121. The maximum atomic E-state index is 11.9. The van der Waals surface area contributed by atoms with Gasteiger partial charge in [-0.25, -0.2) is 5.43 Å². The lowest BCUT2D eigenvalue weighted by Gasteiger charge is -2.08. The minimum Gasteiger partial charge on any atom is -0.494 e. The van der Waals surface area contributed by atoms with E-state index in [0.717, 1.165) is 37.1 Å². The number of hydrogen-bond acceptors (Lipinski definition) is 4. The summed E-state index contributed by atoms with van der Waals surface area (Å²) >= 11 is 0. The Balaban J connectivity index is 1.72. The molecule has 2 N–H and O–H groups in total. The average molecular weight is 345 g/mol. The normalized spacial score (nSPS) is 18.2. The fraction of sp³-hybridized carbons (Fsp3) is 0.526. The minimum atomic E-state index is -0.226. The number of carbonyl (C=O) groups is 2. The summed E-state index contributed by atoms with van der Waals surface area (Å²) < 4.78 is 5.35. The fourth-order valence-electron chi connectivity index (χ4n) is 2.93. The van der Waals surface area contributed by atoms with Crippen molar-refractivity contribution in [2.24, 2.45) is 11.0 Å². The molecule has 0 saturated heterocycles. The van der Waals surface area contributed by atoms with Crippen molar-refractivity contribution in [3.63, 3.8) is 0 Å². The molecule has 136 valence electrons. The van der Waals surface area contributed by atoms with Gasteiger partial charge in [0.05, 0.1) is 6.61 Å². The van der Waals surface area contributed by atoms with Gasteiger partial charge in [-0.15, -0.1) is 0 Å². The Kier molecular flexibility index (Phi) is 7.44. The van der Waals surface area contributed by atoms with Gasteiger partial charge >= 0.3 is 0 Å². The summed E-state index contributed by atoms with van der Waals surface area (Å²) in [7, 11) is 0. The van der Waals surface area contributed by atoms with Crippen LogP contribution in [-0.2, 0) is 9.59 Å². The topological polar surface area (TPSA) is 79.8 Å². The predicted octanol–water partition coefficient (Wildman–Crippen LogP) is 3.49. The lowest BCUT2D eigenvalue weighted by atomic mass is 10.0. The Hall–Kier alpha value is -2.37. The summed E-state index contributed by atoms with van der Waals surface area (Å²) in [6, 6.07) is 7.15. The average Bonchev–Trinajstić information content (AvgIpc) is 3.07. The Morgan fingerprint density at radius 3 is 2.56 bits per heavy atom. The van der Waals surface area contributed by atoms with Gasteiger partial charge in [0.15, 0.2) is 0 Å². The molecule has 0 bridgehead atoms. The quantitative estimate of drug-likeness (QED) is 0.708. The number of rotatable bonds is 8. The second kappa shape index (κ2) is 9.81. The van der Waals surface area contributed by atoms with E-state index >= 15 is 0 Å². The molecule has 25 heavy (non-hydrogen) atoms. The number of nitrogens with zero attached hydrogens (tertiary/aromatic N) is 1. The Labute approximate surface area is 149 Å². The predicted molar refractivity (Wildman–Crippen MR) is 98.7 cm³/mol. The van der Waals surface area contributed by atoms with E-state index in [2.05, 4.69) is 22.8 Å². The van der Waals surface area contributed by atoms with E-state index in [1.54, 1.807) is 24.3 Å². The molecule has 0 radical (unpaired) electrons. The van der Waals surface area contributed by atoms with Crippen LogP contribution in [0.2, 0.25) is 0 Å². The first-order valence-electron chi connectivity index (χ1n) is 9.00. The van der Waals surface area contributed by atoms with Crippen molar-refractivity contribution in [1.82, 2.24) is 5.43 Å². The summed E-state index contributed by atoms with van der Waals surface area (Å²) in [4.78, 5) is 23.8. The second-order valence-corrected chi connectivity index (χ2v) is 6.14. The maximum absolute atomic E-state index is 11.9. The van der Waals surface area contributed by atoms with Gasteiger partial charge in [-0.3, -0.25) is 9.59 Å². The number of carbonyl (C=O) groups excluding carboxylic acids is 2. The van der Waals surface area contributed by atoms with Gasteiger partial charge in [-0.2, -0.15) is 5.10 Å². The van der Waals surface area contributed by atoms with Crippen molar-refractivity contribution in [3.8, 4) is 5.75 Å². The van der Waals surface area contributed by atoms with Crippen molar-refractivity contribution in [3.05, 3.63) is 24.3 Å². The van der Waals surface area contributed by atoms with E-state index in [-0.39, 0.29) is 24.7 Å². The van der Waals surface area contributed by atoms with E-state index in [4.69, 9.17) is 4.74 Å². The van der Waals surface area contributed by atoms with E-state index in [1.165, 1.54) is 0 Å². The number of anilines is 1. The molecule has 2 amide bonds. The van der Waals surface area contributed by atoms with Crippen LogP contribution in [0.15, 0.2) is 29.4 Å². The molecule has 1 aromatic rings. The number of ether oxygens (including phenoxy) is 1. The third kappa shape index (κ3) is 6.21. The number of amides is 2. The van der Waals surface area contributed by atoms with Crippen molar-refractivity contribution in [1.29, 1.82) is 0 Å². The van der Waals surface area contributed by atoms with Crippen LogP contribution in [0.5, 0.6) is 5.75 Å². The zero-order valence-electron chi connectivity index (χ0n) is 15.0. The highest BCUT2D eigenvalue weighted by molar-refractivity contribution is 5.94. The molecule has 2 rings (SSSR count). The molecule has 1 aliphatic rings. The second-order valence-electron chi connectivity index (χ2n) is 6.14. The Bertz CT molecular complexity index is 611. The summed E-state index contributed by atoms with van der Waals surface area (Å²) in [5, 5.41) is 7.01. The van der Waals surface area contributed by atoms with Crippen molar-refractivity contribution >= 4 is 23.2 Å². The van der Waals surface area contributed by atoms with Crippen LogP contribution in [-0.4, -0.2) is 24.1 Å². The molecular weight excluding hydrogens is 318 g/mol. The van der Waals surface area contributed by atoms with Crippen molar-refractivity contribution in [2.45, 2.75) is 52.4 Å². The van der Waals surface area contributed by atoms with Gasteiger partial charge < -0.3 is 10.1 Å². The first-order chi connectivity index (χ1) is 12.1. The van der Waals surface area contributed by atoms with Crippen LogP contribution in [0.3, 0.4) is 0 Å². The molecule has 1 fully saturated rings. The van der Waals surface area contributed by atoms with Crippen LogP contribution < -0.4 is 15.5 Å². The van der Waals surface area contributed by atoms with E-state index in [1.807, 2.05) is 6.92 Å². The van der Waals surface area contributed by atoms with E-state index < -0.39 is 0 Å². The van der Waals surface area contributed by atoms with Crippen LogP contribution in [0, 0.1) is 5.92 Å². The van der Waals surface area contributed by atoms with Gasteiger partial charge in [0.2, 0.25) is 11.8 Å². The number of nitrogens with one attached hydrogen (secondary N) is 2. The summed E-state index contributed by atoms with van der Waals surface area (Å²) in [5.41, 5.74) is 4.35. The third-order valence-corrected chi connectivity index (χ3v) is 4.30. The first kappa shape index (κ1) is 19.0. The highest BCUT2D eigenvalue weighted by atomic mass is 16.5. The summed E-state index contributed by atoms with van der Waals surface area (Å²) in [6.45, 7) is 4.66. The van der Waals surface area contributed by atoms with Crippen LogP contribution in [0.4, 0.5) is 5.69 Å². The molecule has 1 unspecified atom stereocenters. The molecule has 1 aromatic carbocycles. The van der Waals surface area contributed by atoms with Gasteiger partial charge in [0.1, 0.15) is 5.75 Å². The van der Waals surface area contributed by atoms with Gasteiger partial charge in [0.25, 0.3) is 0 Å². The lowest BCUT2D eigenvalue weighted by molar-refractivity contribution is -0.124. The highest BCUT2D eigenvalue weighted by Gasteiger charge is 2.21. The van der Waals surface area contributed by atoms with Gasteiger partial charge in [-0.05, 0) is 62.8 Å². The van der Waals surface area contributed by atoms with Gasteiger partial charge in [-0.1, -0.05) is 6.92 Å². The number of hydrazone groups is 1. The zero-order valence-corrected chi connectivity index (χ0v) is 15.0. The monoisotopic (exact) mass is 345 g/mol. The smallest absolute Gasteiger partial charge is 0.240 e. The summed E-state index contributed by atoms with van der Waals surface area (Å²) in [5.74, 6) is 0.829. The summed E-state index contributed by atoms with van der Waals surface area (Å²) in [6.07, 6.45) is 4.54. The molecule has 0 spiro atoms. The molecule has 6 nitrogen and oxygen atoms in total. The van der Waals surface area contributed by atoms with Crippen LogP contribution in [0.25, 0.3) is 0 Å². The Morgan fingerprint density at radius 2 is 1.88 bits per heavy atom. The Morgan fingerprint density at radius 1 is 1.16 bits per heavy atom. The standard InChI is InChI=1S/C19H27N3O3/c1-3-14-6-5-7-17(14)21-22-19(24)13-12-18(23)20-15-8-10-16(11-9-15)25-4-2/h8-11,14H,3-7,12-13H2,1-2H3,(H,20,23)(H,22,24). The lowest BCUT2D eigenvalue weighted by Crippen LogP contribution is -2.22. The zero-order chi connectivity index (χ0) is 18.1. The number of hydrogen-bond donors (Lipinski definition) is 2. The van der Waals surface area contributed by atoms with E-state index in [9.17, 15) is 9.59 Å². The molecule has 0 aliphatic heterocycles. The van der Waals surface area contributed by atoms with E-state index in [0.29, 0.717) is 18.2 Å². The van der Waals surface area contributed by atoms with Crippen LogP contribution in [0.1, 0.15) is 52.4 Å². The van der Waals surface area contributed by atoms with Crippen molar-refractivity contribution in [2.75, 3.05) is 11.9 Å². The maximum Gasteiger partial charge on any atom is 0.240 e.